The molecular formula is C24H20N2O5. The van der Waals surface area contributed by atoms with Crippen LogP contribution in [0.5, 0.6) is 5.75 Å². The molecule has 1 amide bonds. The minimum absolute atomic E-state index is 0.00773. The molecule has 3 aromatic rings. The number of rotatable bonds is 8. The molecule has 7 heteroatoms. The quantitative estimate of drug-likeness (QED) is 0.246. The minimum atomic E-state index is -0.478. The van der Waals surface area contributed by atoms with E-state index in [0.29, 0.717) is 16.9 Å². The summed E-state index contributed by atoms with van der Waals surface area (Å²) in [6.45, 7) is 1.75. The molecule has 0 bridgehead atoms. The van der Waals surface area contributed by atoms with Crippen LogP contribution in [0.15, 0.2) is 78.9 Å². The van der Waals surface area contributed by atoms with Gasteiger partial charge in [-0.3, -0.25) is 19.7 Å². The van der Waals surface area contributed by atoms with Crippen LogP contribution in [0.25, 0.3) is 6.08 Å². The zero-order valence-electron chi connectivity index (χ0n) is 16.8. The number of carbonyl (C=O) groups excluding carboxylic acids is 2. The molecule has 0 heterocycles. The van der Waals surface area contributed by atoms with Gasteiger partial charge in [0.2, 0.25) is 0 Å². The zero-order chi connectivity index (χ0) is 22.2. The lowest BCUT2D eigenvalue weighted by Crippen LogP contribution is -2.20. The molecule has 1 N–H and O–H groups in total. The van der Waals surface area contributed by atoms with Crippen LogP contribution in [-0.4, -0.2) is 23.2 Å². The van der Waals surface area contributed by atoms with Crippen molar-refractivity contribution in [3.63, 3.8) is 0 Å². The number of non-ortho nitro benzene ring substituents is 1. The molecule has 0 aliphatic heterocycles. The van der Waals surface area contributed by atoms with E-state index in [-0.39, 0.29) is 24.0 Å². The summed E-state index contributed by atoms with van der Waals surface area (Å²) in [5.41, 5.74) is 2.82. The van der Waals surface area contributed by atoms with Gasteiger partial charge < -0.3 is 10.1 Å². The summed E-state index contributed by atoms with van der Waals surface area (Å²) in [5, 5.41) is 13.5. The Morgan fingerprint density at radius 2 is 1.68 bits per heavy atom. The van der Waals surface area contributed by atoms with Crippen LogP contribution < -0.4 is 10.1 Å². The van der Waals surface area contributed by atoms with Gasteiger partial charge in [0, 0.05) is 23.4 Å². The molecule has 31 heavy (non-hydrogen) atoms. The van der Waals surface area contributed by atoms with Crippen LogP contribution in [0.3, 0.4) is 0 Å². The first-order chi connectivity index (χ1) is 14.9. The third kappa shape index (κ3) is 6.11. The number of allylic oxidation sites excluding steroid dienone is 1. The van der Waals surface area contributed by atoms with Crippen molar-refractivity contribution in [2.75, 3.05) is 11.9 Å². The van der Waals surface area contributed by atoms with Crippen LogP contribution >= 0.6 is 0 Å². The second-order valence-electron chi connectivity index (χ2n) is 6.72. The number of anilines is 1. The summed E-state index contributed by atoms with van der Waals surface area (Å²) in [6.07, 6.45) is 2.99. The van der Waals surface area contributed by atoms with E-state index in [0.717, 1.165) is 11.3 Å². The van der Waals surface area contributed by atoms with Gasteiger partial charge in [0.1, 0.15) is 5.75 Å². The van der Waals surface area contributed by atoms with Crippen molar-refractivity contribution in [2.24, 2.45) is 0 Å². The monoisotopic (exact) mass is 416 g/mol. The van der Waals surface area contributed by atoms with Crippen LogP contribution in [-0.2, 0) is 4.79 Å². The number of nitro groups is 1. The second kappa shape index (κ2) is 9.98. The summed E-state index contributed by atoms with van der Waals surface area (Å²) in [6, 6.07) is 19.8. The van der Waals surface area contributed by atoms with E-state index in [2.05, 4.69) is 5.32 Å². The lowest BCUT2D eigenvalue weighted by molar-refractivity contribution is -0.384. The van der Waals surface area contributed by atoms with Crippen molar-refractivity contribution in [3.8, 4) is 5.75 Å². The molecular weight excluding hydrogens is 396 g/mol. The fourth-order valence-corrected chi connectivity index (χ4v) is 2.74. The highest BCUT2D eigenvalue weighted by molar-refractivity contribution is 6.06. The van der Waals surface area contributed by atoms with Gasteiger partial charge in [0.25, 0.3) is 11.6 Å². The molecule has 0 aliphatic rings. The summed E-state index contributed by atoms with van der Waals surface area (Å²) >= 11 is 0. The fourth-order valence-electron chi connectivity index (χ4n) is 2.74. The average Bonchev–Trinajstić information content (AvgIpc) is 2.78. The molecule has 0 saturated carbocycles. The SMILES string of the molecule is Cc1ccccc1NC(=O)COc1ccc(C(=O)/C=C/c2ccc([N+](=O)[O-])cc2)cc1. The Morgan fingerprint density at radius 3 is 2.32 bits per heavy atom. The maximum atomic E-state index is 12.3. The van der Waals surface area contributed by atoms with E-state index in [1.807, 2.05) is 31.2 Å². The Balaban J connectivity index is 1.53. The van der Waals surface area contributed by atoms with Gasteiger partial charge in [-0.15, -0.1) is 0 Å². The Bertz CT molecular complexity index is 1120. The van der Waals surface area contributed by atoms with Crippen molar-refractivity contribution in [1.29, 1.82) is 0 Å². The van der Waals surface area contributed by atoms with E-state index in [9.17, 15) is 19.7 Å². The van der Waals surface area contributed by atoms with Gasteiger partial charge in [0.05, 0.1) is 4.92 Å². The Kier molecular flexibility index (Phi) is 6.90. The van der Waals surface area contributed by atoms with Crippen LogP contribution in [0.1, 0.15) is 21.5 Å². The summed E-state index contributed by atoms with van der Waals surface area (Å²) in [4.78, 5) is 34.6. The van der Waals surface area contributed by atoms with E-state index in [4.69, 9.17) is 4.74 Å². The van der Waals surface area contributed by atoms with E-state index >= 15 is 0 Å². The average molecular weight is 416 g/mol. The largest absolute Gasteiger partial charge is 0.484 e. The number of hydrogen-bond acceptors (Lipinski definition) is 5. The number of nitrogens with one attached hydrogen (secondary N) is 1. The smallest absolute Gasteiger partial charge is 0.269 e. The number of ketones is 1. The van der Waals surface area contributed by atoms with E-state index in [1.54, 1.807) is 42.5 Å². The maximum Gasteiger partial charge on any atom is 0.269 e. The number of para-hydroxylation sites is 1. The Hall–Kier alpha value is -4.26. The fraction of sp³-hybridized carbons (Fsp3) is 0.0833. The molecule has 0 aliphatic carbocycles. The predicted molar refractivity (Wildman–Crippen MR) is 118 cm³/mol. The van der Waals surface area contributed by atoms with Crippen molar-refractivity contribution in [2.45, 2.75) is 6.92 Å². The normalized spacial score (nSPS) is 10.6. The van der Waals surface area contributed by atoms with E-state index in [1.165, 1.54) is 18.2 Å². The molecule has 0 aromatic heterocycles. The Labute approximate surface area is 179 Å². The highest BCUT2D eigenvalue weighted by atomic mass is 16.6. The third-order valence-corrected chi connectivity index (χ3v) is 4.46. The number of amides is 1. The summed E-state index contributed by atoms with van der Waals surface area (Å²) in [7, 11) is 0. The number of carbonyl (C=O) groups is 2. The Morgan fingerprint density at radius 1 is 1.00 bits per heavy atom. The molecule has 0 saturated heterocycles. The molecule has 0 radical (unpaired) electrons. The molecule has 7 nitrogen and oxygen atoms in total. The summed E-state index contributed by atoms with van der Waals surface area (Å²) in [5.74, 6) is -0.0292. The number of benzene rings is 3. The molecule has 0 fully saturated rings. The van der Waals surface area contributed by atoms with Crippen LogP contribution in [0.4, 0.5) is 11.4 Å². The van der Waals surface area contributed by atoms with Crippen molar-refractivity contribution < 1.29 is 19.2 Å². The van der Waals surface area contributed by atoms with Crippen molar-refractivity contribution in [1.82, 2.24) is 0 Å². The van der Waals surface area contributed by atoms with Gasteiger partial charge >= 0.3 is 0 Å². The molecule has 3 rings (SSSR count). The lowest BCUT2D eigenvalue weighted by atomic mass is 10.1. The van der Waals surface area contributed by atoms with E-state index < -0.39 is 4.92 Å². The topological polar surface area (TPSA) is 98.5 Å². The lowest BCUT2D eigenvalue weighted by Gasteiger charge is -2.09. The molecule has 156 valence electrons. The first kappa shape index (κ1) is 21.4. The number of nitrogens with zero attached hydrogens (tertiary/aromatic N) is 1. The predicted octanol–water partition coefficient (Wildman–Crippen LogP) is 4.82. The van der Waals surface area contributed by atoms with Crippen LogP contribution in [0, 0.1) is 17.0 Å². The van der Waals surface area contributed by atoms with Crippen molar-refractivity contribution >= 4 is 29.1 Å². The number of nitro benzene ring substituents is 1. The van der Waals surface area contributed by atoms with Gasteiger partial charge in [-0.2, -0.15) is 0 Å². The number of aryl methyl sites for hydroxylation is 1. The second-order valence-corrected chi connectivity index (χ2v) is 6.72. The summed E-state index contributed by atoms with van der Waals surface area (Å²) < 4.78 is 5.48. The maximum absolute atomic E-state index is 12.3. The van der Waals surface area contributed by atoms with Gasteiger partial charge in [-0.1, -0.05) is 24.3 Å². The van der Waals surface area contributed by atoms with Gasteiger partial charge in [-0.05, 0) is 66.6 Å². The molecule has 0 unspecified atom stereocenters. The zero-order valence-corrected chi connectivity index (χ0v) is 16.8. The first-order valence-electron chi connectivity index (χ1n) is 9.47. The highest BCUT2D eigenvalue weighted by Gasteiger charge is 2.07. The molecule has 0 atom stereocenters. The standard InChI is InChI=1S/C24H20N2O5/c1-17-4-2-3-5-22(17)25-24(28)16-31-21-13-9-19(10-14-21)23(27)15-8-18-6-11-20(12-7-18)26(29)30/h2-15H,16H2,1H3,(H,25,28)/b15-8+. The van der Waals surface area contributed by atoms with Gasteiger partial charge in [-0.25, -0.2) is 0 Å². The highest BCUT2D eigenvalue weighted by Crippen LogP contribution is 2.16. The first-order valence-corrected chi connectivity index (χ1v) is 9.47. The minimum Gasteiger partial charge on any atom is -0.484 e. The van der Waals surface area contributed by atoms with Crippen molar-refractivity contribution in [3.05, 3.63) is 106 Å². The molecule has 0 spiro atoms. The number of ether oxygens (including phenoxy) is 1. The number of hydrogen-bond donors (Lipinski definition) is 1. The van der Waals surface area contributed by atoms with Crippen LogP contribution in [0.2, 0.25) is 0 Å². The van der Waals surface area contributed by atoms with Gasteiger partial charge in [0.15, 0.2) is 12.4 Å². The third-order valence-electron chi connectivity index (χ3n) is 4.46. The molecule has 3 aromatic carbocycles.